The van der Waals surface area contributed by atoms with Crippen LogP contribution in [0.25, 0.3) is 10.9 Å². The smallest absolute Gasteiger partial charge is 0.349 e. The van der Waals surface area contributed by atoms with Crippen molar-refractivity contribution in [3.05, 3.63) is 72.7 Å². The number of hydrogen-bond donors (Lipinski definition) is 1. The number of nitrogens with one attached hydrogen (secondary N) is 1. The SMILES string of the molecule is C=C(C)NOCOC(=O)C(C)Oc1ccc(Oc2ccc3cc(F)ccc3n2)cc1. The van der Waals surface area contributed by atoms with Crippen LogP contribution in [-0.4, -0.2) is 23.9 Å². The van der Waals surface area contributed by atoms with Crippen molar-refractivity contribution in [2.75, 3.05) is 6.79 Å². The molecule has 0 aliphatic carbocycles. The van der Waals surface area contributed by atoms with Crippen LogP contribution in [0.2, 0.25) is 0 Å². The molecule has 3 rings (SSSR count). The highest BCUT2D eigenvalue weighted by molar-refractivity contribution is 5.79. The maximum atomic E-state index is 13.3. The van der Waals surface area contributed by atoms with Gasteiger partial charge in [0, 0.05) is 17.1 Å². The molecule has 0 saturated carbocycles. The summed E-state index contributed by atoms with van der Waals surface area (Å²) < 4.78 is 29.5. The predicted molar refractivity (Wildman–Crippen MR) is 108 cm³/mol. The monoisotopic (exact) mass is 412 g/mol. The van der Waals surface area contributed by atoms with Gasteiger partial charge in [-0.05, 0) is 62.4 Å². The third-order valence-corrected chi connectivity index (χ3v) is 3.82. The van der Waals surface area contributed by atoms with E-state index in [2.05, 4.69) is 17.0 Å². The first-order valence-corrected chi connectivity index (χ1v) is 9.11. The number of hydroxylamine groups is 1. The molecule has 1 unspecified atom stereocenters. The summed E-state index contributed by atoms with van der Waals surface area (Å²) in [5, 5.41) is 0.688. The Balaban J connectivity index is 1.53. The number of rotatable bonds is 9. The Hall–Kier alpha value is -3.65. The van der Waals surface area contributed by atoms with Gasteiger partial charge in [-0.1, -0.05) is 6.58 Å². The first-order chi connectivity index (χ1) is 14.4. The first-order valence-electron chi connectivity index (χ1n) is 9.11. The van der Waals surface area contributed by atoms with Crippen LogP contribution in [0.3, 0.4) is 0 Å². The van der Waals surface area contributed by atoms with E-state index in [4.69, 9.17) is 19.0 Å². The van der Waals surface area contributed by atoms with Crippen LogP contribution in [0.15, 0.2) is 66.9 Å². The summed E-state index contributed by atoms with van der Waals surface area (Å²) in [4.78, 5) is 21.1. The topological polar surface area (TPSA) is 78.9 Å². The second-order valence-electron chi connectivity index (χ2n) is 6.43. The lowest BCUT2D eigenvalue weighted by molar-refractivity contribution is -0.168. The number of aromatic nitrogens is 1. The Morgan fingerprint density at radius 1 is 1.13 bits per heavy atom. The molecule has 156 valence electrons. The maximum Gasteiger partial charge on any atom is 0.349 e. The summed E-state index contributed by atoms with van der Waals surface area (Å²) in [5.74, 6) is 0.488. The third kappa shape index (κ3) is 5.92. The lowest BCUT2D eigenvalue weighted by atomic mass is 10.2. The van der Waals surface area contributed by atoms with Crippen molar-refractivity contribution in [2.24, 2.45) is 0 Å². The standard InChI is InChI=1S/C22H21FN2O5/c1-14(2)25-28-13-27-22(26)15(3)29-18-6-8-19(9-7-18)30-21-11-4-16-12-17(23)5-10-20(16)24-21/h4-12,15,25H,1,13H2,2-3H3. The van der Waals surface area contributed by atoms with Crippen molar-refractivity contribution in [1.82, 2.24) is 10.5 Å². The van der Waals surface area contributed by atoms with Gasteiger partial charge in [0.05, 0.1) is 5.52 Å². The van der Waals surface area contributed by atoms with E-state index in [0.29, 0.717) is 34.0 Å². The molecule has 2 aromatic carbocycles. The van der Waals surface area contributed by atoms with Crippen molar-refractivity contribution in [3.8, 4) is 17.4 Å². The average Bonchev–Trinajstić information content (AvgIpc) is 2.72. The molecule has 1 atom stereocenters. The zero-order valence-electron chi connectivity index (χ0n) is 16.6. The highest BCUT2D eigenvalue weighted by Crippen LogP contribution is 2.25. The first kappa shape index (κ1) is 21.1. The van der Waals surface area contributed by atoms with Crippen molar-refractivity contribution in [2.45, 2.75) is 20.0 Å². The molecule has 8 heteroatoms. The van der Waals surface area contributed by atoms with Gasteiger partial charge in [-0.3, -0.25) is 5.48 Å². The van der Waals surface area contributed by atoms with Gasteiger partial charge >= 0.3 is 5.97 Å². The van der Waals surface area contributed by atoms with Gasteiger partial charge in [0.15, 0.2) is 6.10 Å². The van der Waals surface area contributed by atoms with E-state index < -0.39 is 12.1 Å². The number of benzene rings is 2. The molecule has 0 saturated heterocycles. The van der Waals surface area contributed by atoms with Gasteiger partial charge in [-0.15, -0.1) is 0 Å². The van der Waals surface area contributed by atoms with E-state index in [1.165, 1.54) is 12.1 Å². The molecule has 0 aliphatic rings. The highest BCUT2D eigenvalue weighted by atomic mass is 19.1. The number of pyridine rings is 1. The van der Waals surface area contributed by atoms with Crippen LogP contribution < -0.4 is 15.0 Å². The maximum absolute atomic E-state index is 13.3. The fourth-order valence-electron chi connectivity index (χ4n) is 2.45. The lowest BCUT2D eigenvalue weighted by Gasteiger charge is -2.14. The molecule has 0 fully saturated rings. The van der Waals surface area contributed by atoms with E-state index in [9.17, 15) is 9.18 Å². The normalized spacial score (nSPS) is 11.6. The molecule has 1 N–H and O–H groups in total. The van der Waals surface area contributed by atoms with Crippen LogP contribution in [0, 0.1) is 5.82 Å². The average molecular weight is 412 g/mol. The fraction of sp³-hybridized carbons (Fsp3) is 0.182. The zero-order chi connectivity index (χ0) is 21.5. The molecule has 0 spiro atoms. The van der Waals surface area contributed by atoms with Gasteiger partial charge < -0.3 is 14.2 Å². The largest absolute Gasteiger partial charge is 0.479 e. The summed E-state index contributed by atoms with van der Waals surface area (Å²) >= 11 is 0. The second-order valence-corrected chi connectivity index (χ2v) is 6.43. The minimum Gasteiger partial charge on any atom is -0.479 e. The molecule has 7 nitrogen and oxygen atoms in total. The van der Waals surface area contributed by atoms with E-state index in [1.807, 2.05) is 0 Å². The van der Waals surface area contributed by atoms with Crippen LogP contribution in [-0.2, 0) is 14.4 Å². The highest BCUT2D eigenvalue weighted by Gasteiger charge is 2.16. The number of esters is 1. The number of carbonyl (C=O) groups excluding carboxylic acids is 1. The molecule has 0 radical (unpaired) electrons. The Morgan fingerprint density at radius 2 is 1.87 bits per heavy atom. The molecule has 1 aromatic heterocycles. The fourth-order valence-corrected chi connectivity index (χ4v) is 2.45. The molecule has 3 aromatic rings. The number of carbonyl (C=O) groups is 1. The van der Waals surface area contributed by atoms with Crippen molar-refractivity contribution < 1.29 is 28.2 Å². The minimum atomic E-state index is -0.826. The Bertz CT molecular complexity index is 1040. The Labute approximate surface area is 173 Å². The molecular weight excluding hydrogens is 391 g/mol. The summed E-state index contributed by atoms with van der Waals surface area (Å²) in [7, 11) is 0. The van der Waals surface area contributed by atoms with Gasteiger partial charge in [0.25, 0.3) is 0 Å². The van der Waals surface area contributed by atoms with Crippen LogP contribution in [0.4, 0.5) is 4.39 Å². The van der Waals surface area contributed by atoms with Crippen LogP contribution >= 0.6 is 0 Å². The predicted octanol–water partition coefficient (Wildman–Crippen LogP) is 4.49. The third-order valence-electron chi connectivity index (χ3n) is 3.82. The van der Waals surface area contributed by atoms with Crippen molar-refractivity contribution in [3.63, 3.8) is 0 Å². The van der Waals surface area contributed by atoms with Crippen molar-refractivity contribution >= 4 is 16.9 Å². The van der Waals surface area contributed by atoms with Gasteiger partial charge in [0.1, 0.15) is 17.3 Å². The molecule has 0 aliphatic heterocycles. The van der Waals surface area contributed by atoms with E-state index in [1.54, 1.807) is 56.3 Å². The molecule has 0 amide bonds. The summed E-state index contributed by atoms with van der Waals surface area (Å²) in [6.45, 7) is 6.59. The van der Waals surface area contributed by atoms with E-state index >= 15 is 0 Å². The van der Waals surface area contributed by atoms with Gasteiger partial charge in [-0.2, -0.15) is 0 Å². The number of ether oxygens (including phenoxy) is 3. The Kier molecular flexibility index (Phi) is 6.82. The summed E-state index contributed by atoms with van der Waals surface area (Å²) in [5.41, 5.74) is 3.70. The molecule has 30 heavy (non-hydrogen) atoms. The van der Waals surface area contributed by atoms with Crippen LogP contribution in [0.1, 0.15) is 13.8 Å². The number of fused-ring (bicyclic) bond motifs is 1. The van der Waals surface area contributed by atoms with Crippen molar-refractivity contribution in [1.29, 1.82) is 0 Å². The zero-order valence-corrected chi connectivity index (χ0v) is 16.6. The summed E-state index contributed by atoms with van der Waals surface area (Å²) in [6, 6.07) is 14.4. The molecule has 1 heterocycles. The lowest BCUT2D eigenvalue weighted by Crippen LogP contribution is -2.28. The van der Waals surface area contributed by atoms with Gasteiger partial charge in [-0.25, -0.2) is 19.0 Å². The number of hydrogen-bond acceptors (Lipinski definition) is 7. The molecule has 0 bridgehead atoms. The summed E-state index contributed by atoms with van der Waals surface area (Å²) in [6.07, 6.45) is -0.826. The van der Waals surface area contributed by atoms with Gasteiger partial charge in [0.2, 0.25) is 12.7 Å². The number of nitrogens with zero attached hydrogens (tertiary/aromatic N) is 1. The number of halogens is 1. The minimum absolute atomic E-state index is 0.266. The van der Waals surface area contributed by atoms with E-state index in [-0.39, 0.29) is 12.6 Å². The quantitative estimate of drug-likeness (QED) is 0.240. The number of allylic oxidation sites excluding steroid dienone is 1. The molecular formula is C22H21FN2O5. The second kappa shape index (κ2) is 9.71. The Morgan fingerprint density at radius 3 is 2.60 bits per heavy atom. The van der Waals surface area contributed by atoms with Crippen LogP contribution in [0.5, 0.6) is 17.4 Å². The van der Waals surface area contributed by atoms with E-state index in [0.717, 1.165) is 0 Å².